The summed E-state index contributed by atoms with van der Waals surface area (Å²) in [5, 5.41) is 0. The summed E-state index contributed by atoms with van der Waals surface area (Å²) >= 11 is 0. The summed E-state index contributed by atoms with van der Waals surface area (Å²) in [5.74, 6) is 1.25. The van der Waals surface area contributed by atoms with Crippen molar-refractivity contribution in [2.24, 2.45) is 0 Å². The van der Waals surface area contributed by atoms with Crippen LogP contribution in [0.15, 0.2) is 49.6 Å². The van der Waals surface area contributed by atoms with Crippen molar-refractivity contribution in [2.45, 2.75) is 32.2 Å². The number of hydrogen-bond acceptors (Lipinski definition) is 5. The van der Waals surface area contributed by atoms with E-state index in [-0.39, 0.29) is 0 Å². The van der Waals surface area contributed by atoms with E-state index in [1.165, 1.54) is 17.5 Å². The van der Waals surface area contributed by atoms with E-state index >= 15 is 0 Å². The second-order valence-corrected chi connectivity index (χ2v) is 6.65. The summed E-state index contributed by atoms with van der Waals surface area (Å²) in [5.41, 5.74) is 3.68. The van der Waals surface area contributed by atoms with Gasteiger partial charge in [0.1, 0.15) is 6.33 Å². The van der Waals surface area contributed by atoms with E-state index in [0.29, 0.717) is 5.92 Å². The van der Waals surface area contributed by atoms with Crippen LogP contribution in [0.2, 0.25) is 0 Å². The zero-order chi connectivity index (χ0) is 17.1. The molecule has 0 N–H and O–H groups in total. The van der Waals surface area contributed by atoms with E-state index in [4.69, 9.17) is 4.98 Å². The predicted octanol–water partition coefficient (Wildman–Crippen LogP) is 2.75. The first-order valence-corrected chi connectivity index (χ1v) is 8.72. The lowest BCUT2D eigenvalue weighted by Crippen LogP contribution is -2.34. The van der Waals surface area contributed by atoms with Gasteiger partial charge in [-0.1, -0.05) is 0 Å². The van der Waals surface area contributed by atoms with Gasteiger partial charge in [0.15, 0.2) is 5.82 Å². The Kier molecular flexibility index (Phi) is 4.52. The zero-order valence-corrected chi connectivity index (χ0v) is 14.4. The first-order chi connectivity index (χ1) is 12.3. The van der Waals surface area contributed by atoms with Crippen LogP contribution >= 0.6 is 0 Å². The highest BCUT2D eigenvalue weighted by atomic mass is 15.1. The number of hydrogen-bond donors (Lipinski definition) is 0. The van der Waals surface area contributed by atoms with Crippen LogP contribution in [0.3, 0.4) is 0 Å². The lowest BCUT2D eigenvalue weighted by molar-refractivity contribution is 0.198. The first kappa shape index (κ1) is 15.9. The van der Waals surface area contributed by atoms with Gasteiger partial charge in [-0.25, -0.2) is 9.97 Å². The molecule has 0 saturated carbocycles. The summed E-state index contributed by atoms with van der Waals surface area (Å²) in [7, 11) is 0. The fourth-order valence-corrected chi connectivity index (χ4v) is 3.43. The fourth-order valence-electron chi connectivity index (χ4n) is 3.43. The molecule has 0 aliphatic carbocycles. The third kappa shape index (κ3) is 3.58. The lowest BCUT2D eigenvalue weighted by atomic mass is 9.94. The summed E-state index contributed by atoms with van der Waals surface area (Å²) in [6.07, 6.45) is 15.3. The fraction of sp³-hybridized carbons (Fsp3) is 0.368. The minimum Gasteiger partial charge on any atom is -0.298 e. The Balaban J connectivity index is 1.50. The van der Waals surface area contributed by atoms with Crippen LogP contribution in [0.1, 0.15) is 35.6 Å². The molecule has 128 valence electrons. The number of pyridine rings is 1. The van der Waals surface area contributed by atoms with Crippen molar-refractivity contribution >= 4 is 0 Å². The molecule has 0 radical (unpaired) electrons. The zero-order valence-electron chi connectivity index (χ0n) is 14.4. The quantitative estimate of drug-likeness (QED) is 0.734. The van der Waals surface area contributed by atoms with Gasteiger partial charge in [0.25, 0.3) is 0 Å². The Bertz CT molecular complexity index is 829. The van der Waals surface area contributed by atoms with Gasteiger partial charge in [-0.05, 0) is 43.5 Å². The molecule has 0 amide bonds. The summed E-state index contributed by atoms with van der Waals surface area (Å²) in [4.78, 5) is 20.1. The van der Waals surface area contributed by atoms with E-state index in [1.807, 2.05) is 29.4 Å². The van der Waals surface area contributed by atoms with Crippen molar-refractivity contribution in [2.75, 3.05) is 13.1 Å². The van der Waals surface area contributed by atoms with Gasteiger partial charge < -0.3 is 0 Å². The molecule has 3 aromatic heterocycles. The van der Waals surface area contributed by atoms with E-state index < -0.39 is 0 Å². The average molecular weight is 334 g/mol. The Labute approximate surface area is 147 Å². The molecule has 0 bridgehead atoms. The second kappa shape index (κ2) is 7.11. The maximum absolute atomic E-state index is 4.82. The van der Waals surface area contributed by atoms with E-state index in [0.717, 1.165) is 37.6 Å². The molecule has 4 rings (SSSR count). The molecular weight excluding hydrogens is 312 g/mol. The predicted molar refractivity (Wildman–Crippen MR) is 95.4 cm³/mol. The number of likely N-dealkylation sites (tertiary alicyclic amines) is 1. The van der Waals surface area contributed by atoms with Gasteiger partial charge in [-0.3, -0.25) is 19.4 Å². The van der Waals surface area contributed by atoms with Crippen LogP contribution in [0, 0.1) is 6.92 Å². The van der Waals surface area contributed by atoms with E-state index in [1.54, 1.807) is 18.7 Å². The maximum Gasteiger partial charge on any atom is 0.156 e. The highest BCUT2D eigenvalue weighted by molar-refractivity contribution is 5.23. The molecular formula is C19H22N6. The summed E-state index contributed by atoms with van der Waals surface area (Å²) in [6.45, 7) is 5.24. The van der Waals surface area contributed by atoms with Gasteiger partial charge in [-0.15, -0.1) is 0 Å². The monoisotopic (exact) mass is 334 g/mol. The van der Waals surface area contributed by atoms with Crippen molar-refractivity contribution in [3.63, 3.8) is 0 Å². The van der Waals surface area contributed by atoms with Gasteiger partial charge in [0, 0.05) is 50.0 Å². The smallest absolute Gasteiger partial charge is 0.156 e. The third-order valence-corrected chi connectivity index (χ3v) is 4.87. The van der Waals surface area contributed by atoms with Gasteiger partial charge in [-0.2, -0.15) is 0 Å². The van der Waals surface area contributed by atoms with Crippen molar-refractivity contribution in [3.05, 3.63) is 66.4 Å². The maximum atomic E-state index is 4.82. The van der Waals surface area contributed by atoms with E-state index in [9.17, 15) is 0 Å². The van der Waals surface area contributed by atoms with Gasteiger partial charge in [0.05, 0.1) is 11.9 Å². The molecule has 6 heteroatoms. The minimum absolute atomic E-state index is 0.418. The van der Waals surface area contributed by atoms with Crippen LogP contribution in [-0.2, 0) is 6.54 Å². The molecule has 25 heavy (non-hydrogen) atoms. The van der Waals surface area contributed by atoms with Crippen molar-refractivity contribution in [1.82, 2.24) is 29.4 Å². The molecule has 1 fully saturated rings. The molecule has 1 atom stereocenters. The Morgan fingerprint density at radius 1 is 1.12 bits per heavy atom. The third-order valence-electron chi connectivity index (χ3n) is 4.87. The lowest BCUT2D eigenvalue weighted by Gasteiger charge is -2.32. The molecule has 1 aliphatic heterocycles. The molecule has 0 aromatic carbocycles. The Hall–Kier alpha value is -2.60. The SMILES string of the molecule is Cc1ccncc1CN1CCC[C@@H](c2cncc(-n3ccnc3)n2)C1. The topological polar surface area (TPSA) is 59.7 Å². The molecule has 0 spiro atoms. The average Bonchev–Trinajstić information content (AvgIpc) is 3.19. The Morgan fingerprint density at radius 3 is 2.92 bits per heavy atom. The largest absolute Gasteiger partial charge is 0.298 e. The van der Waals surface area contributed by atoms with Crippen molar-refractivity contribution in [1.29, 1.82) is 0 Å². The van der Waals surface area contributed by atoms with Crippen LogP contribution < -0.4 is 0 Å². The molecule has 3 aromatic rings. The number of piperidine rings is 1. The molecule has 4 heterocycles. The highest BCUT2D eigenvalue weighted by Crippen LogP contribution is 2.27. The first-order valence-electron chi connectivity index (χ1n) is 8.72. The standard InChI is InChI=1S/C19H22N6/c1-15-4-5-20-9-17(15)13-24-7-2-3-16(12-24)18-10-22-11-19(23-18)25-8-6-21-14-25/h4-6,8-11,14,16H,2-3,7,12-13H2,1H3/t16-/m1/s1. The van der Waals surface area contributed by atoms with Crippen LogP contribution in [0.4, 0.5) is 0 Å². The van der Waals surface area contributed by atoms with Gasteiger partial charge in [0.2, 0.25) is 0 Å². The minimum atomic E-state index is 0.418. The van der Waals surface area contributed by atoms with Crippen LogP contribution in [-0.4, -0.2) is 42.5 Å². The number of aromatic nitrogens is 5. The van der Waals surface area contributed by atoms with E-state index in [2.05, 4.69) is 32.8 Å². The number of rotatable bonds is 4. The Morgan fingerprint density at radius 2 is 2.08 bits per heavy atom. The molecule has 1 aliphatic rings. The van der Waals surface area contributed by atoms with Crippen LogP contribution in [0.5, 0.6) is 0 Å². The normalized spacial score (nSPS) is 18.4. The number of aryl methyl sites for hydroxylation is 1. The molecule has 6 nitrogen and oxygen atoms in total. The second-order valence-electron chi connectivity index (χ2n) is 6.65. The summed E-state index contributed by atoms with van der Waals surface area (Å²) < 4.78 is 1.90. The van der Waals surface area contributed by atoms with Crippen LogP contribution in [0.25, 0.3) is 5.82 Å². The number of imidazole rings is 1. The van der Waals surface area contributed by atoms with Gasteiger partial charge >= 0.3 is 0 Å². The number of nitrogens with zero attached hydrogens (tertiary/aromatic N) is 6. The molecule has 0 unspecified atom stereocenters. The van der Waals surface area contributed by atoms with Crippen molar-refractivity contribution in [3.8, 4) is 5.82 Å². The van der Waals surface area contributed by atoms with Crippen molar-refractivity contribution < 1.29 is 0 Å². The highest BCUT2D eigenvalue weighted by Gasteiger charge is 2.23. The summed E-state index contributed by atoms with van der Waals surface area (Å²) in [6, 6.07) is 2.08. The molecule has 1 saturated heterocycles.